The molecule has 0 bridgehead atoms. The van der Waals surface area contributed by atoms with E-state index in [0.717, 1.165) is 37.2 Å². The van der Waals surface area contributed by atoms with E-state index in [0.29, 0.717) is 28.0 Å². The topological polar surface area (TPSA) is 26.0 Å². The van der Waals surface area contributed by atoms with Gasteiger partial charge in [-0.15, -0.1) is 0 Å². The van der Waals surface area contributed by atoms with Crippen LogP contribution in [0.1, 0.15) is 73.6 Å². The molecule has 1 nitrogen and oxygen atoms in total. The van der Waals surface area contributed by atoms with Gasteiger partial charge in [0.1, 0.15) is 11.6 Å². The quantitative estimate of drug-likeness (QED) is 0.472. The lowest BCUT2D eigenvalue weighted by molar-refractivity contribution is 0.290. The first-order valence-corrected chi connectivity index (χ1v) is 11.3. The van der Waals surface area contributed by atoms with Gasteiger partial charge in [-0.3, -0.25) is 0 Å². The summed E-state index contributed by atoms with van der Waals surface area (Å²) >= 11 is 0. The van der Waals surface area contributed by atoms with Crippen molar-refractivity contribution >= 4 is 11.3 Å². The molecule has 2 aromatic rings. The first-order valence-electron chi connectivity index (χ1n) is 11.3. The number of aryl methyl sites for hydroxylation is 1. The van der Waals surface area contributed by atoms with Crippen molar-refractivity contribution in [3.05, 3.63) is 81.9 Å². The highest BCUT2D eigenvalue weighted by atomic mass is 19.1. The van der Waals surface area contributed by atoms with Gasteiger partial charge >= 0.3 is 0 Å². The van der Waals surface area contributed by atoms with Gasteiger partial charge in [-0.25, -0.2) is 8.78 Å². The molecule has 0 unspecified atom stereocenters. The number of nitrogen functional groups attached to an aromatic ring is 1. The van der Waals surface area contributed by atoms with Crippen molar-refractivity contribution in [1.29, 1.82) is 0 Å². The molecule has 0 aromatic heterocycles. The molecule has 0 heterocycles. The highest BCUT2D eigenvalue weighted by molar-refractivity contribution is 5.87. The molecule has 0 radical (unpaired) electrons. The summed E-state index contributed by atoms with van der Waals surface area (Å²) in [4.78, 5) is 0. The summed E-state index contributed by atoms with van der Waals surface area (Å²) in [6.45, 7) is 1.87. The lowest BCUT2D eigenvalue weighted by atomic mass is 9.81. The van der Waals surface area contributed by atoms with Gasteiger partial charge in [0, 0.05) is 16.8 Å². The van der Waals surface area contributed by atoms with E-state index in [-0.39, 0.29) is 11.6 Å². The second-order valence-electron chi connectivity index (χ2n) is 8.89. The van der Waals surface area contributed by atoms with E-state index < -0.39 is 0 Å². The van der Waals surface area contributed by atoms with E-state index in [1.807, 2.05) is 19.1 Å². The first kappa shape index (κ1) is 20.8. The minimum absolute atomic E-state index is 0.196. The highest BCUT2D eigenvalue weighted by Gasteiger charge is 2.19. The predicted octanol–water partition coefficient (Wildman–Crippen LogP) is 7.52. The fourth-order valence-electron chi connectivity index (χ4n) is 4.42. The Kier molecular flexibility index (Phi) is 6.36. The molecule has 0 saturated heterocycles. The van der Waals surface area contributed by atoms with Crippen LogP contribution in [0.4, 0.5) is 14.5 Å². The molecule has 4 rings (SSSR count). The van der Waals surface area contributed by atoms with Crippen molar-refractivity contribution in [3.8, 4) is 0 Å². The fourth-order valence-corrected chi connectivity index (χ4v) is 4.42. The van der Waals surface area contributed by atoms with Crippen LogP contribution in [0.3, 0.4) is 0 Å². The summed E-state index contributed by atoms with van der Waals surface area (Å²) in [5.74, 6) is 0.300. The number of benzene rings is 2. The lowest BCUT2D eigenvalue weighted by Gasteiger charge is -2.25. The molecule has 0 amide bonds. The minimum Gasteiger partial charge on any atom is -0.398 e. The Balaban J connectivity index is 1.64. The van der Waals surface area contributed by atoms with Crippen LogP contribution in [-0.2, 0) is 6.42 Å². The first-order chi connectivity index (χ1) is 14.5. The summed E-state index contributed by atoms with van der Waals surface area (Å²) in [5.41, 5.74) is 11.5. The average Bonchev–Trinajstić information content (AvgIpc) is 2.64. The van der Waals surface area contributed by atoms with Gasteiger partial charge in [0.2, 0.25) is 0 Å². The van der Waals surface area contributed by atoms with Crippen LogP contribution < -0.4 is 5.73 Å². The summed E-state index contributed by atoms with van der Waals surface area (Å²) in [6.07, 6.45) is 14.8. The number of hydrogen-bond acceptors (Lipinski definition) is 1. The van der Waals surface area contributed by atoms with Gasteiger partial charge in [0.15, 0.2) is 0 Å². The molecule has 2 aromatic carbocycles. The second-order valence-corrected chi connectivity index (χ2v) is 8.89. The van der Waals surface area contributed by atoms with Crippen molar-refractivity contribution in [2.24, 2.45) is 5.92 Å². The summed E-state index contributed by atoms with van der Waals surface area (Å²) in [7, 11) is 0. The molecular formula is C27H31F2N. The minimum atomic E-state index is -0.383. The van der Waals surface area contributed by atoms with Gasteiger partial charge in [-0.05, 0) is 79.8 Å². The van der Waals surface area contributed by atoms with Gasteiger partial charge in [0.05, 0.1) is 0 Å². The Morgan fingerprint density at radius 2 is 1.83 bits per heavy atom. The number of nitrogens with two attached hydrogens (primary N) is 1. The van der Waals surface area contributed by atoms with Crippen LogP contribution in [0.15, 0.2) is 48.1 Å². The smallest absolute Gasteiger partial charge is 0.134 e. The highest BCUT2D eigenvalue weighted by Crippen LogP contribution is 2.35. The zero-order valence-electron chi connectivity index (χ0n) is 17.8. The molecule has 3 heteroatoms. The van der Waals surface area contributed by atoms with Gasteiger partial charge in [-0.2, -0.15) is 0 Å². The van der Waals surface area contributed by atoms with Crippen LogP contribution in [0.5, 0.6) is 0 Å². The van der Waals surface area contributed by atoms with E-state index in [9.17, 15) is 4.39 Å². The molecule has 0 aliphatic heterocycles. The van der Waals surface area contributed by atoms with Crippen LogP contribution in [0.25, 0.3) is 5.57 Å². The Labute approximate surface area is 178 Å². The molecule has 2 aliphatic rings. The summed E-state index contributed by atoms with van der Waals surface area (Å²) < 4.78 is 29.1. The molecule has 30 heavy (non-hydrogen) atoms. The Hall–Kier alpha value is -2.42. The second kappa shape index (κ2) is 9.16. The fraction of sp³-hybridized carbons (Fsp3) is 0.407. The van der Waals surface area contributed by atoms with Crippen molar-refractivity contribution in [1.82, 2.24) is 0 Å². The van der Waals surface area contributed by atoms with Crippen molar-refractivity contribution in [2.45, 2.75) is 64.7 Å². The Morgan fingerprint density at radius 1 is 1.07 bits per heavy atom. The number of hydrogen-bond donors (Lipinski definition) is 1. The molecule has 2 fully saturated rings. The Morgan fingerprint density at radius 3 is 2.47 bits per heavy atom. The average molecular weight is 408 g/mol. The standard InChI is InChI=1S/C27H31F2N/c1-18-21(10-4-9-19-5-2-6-19)12-15-25(27(18)29)23(14-11-20-7-3-8-20)24-16-13-22(28)17-26(24)30/h11-17,19H,2-10,30H2,1H3/b23-14-. The maximum atomic E-state index is 15.5. The van der Waals surface area contributed by atoms with Gasteiger partial charge < -0.3 is 5.73 Å². The van der Waals surface area contributed by atoms with E-state index in [2.05, 4.69) is 12.1 Å². The molecule has 158 valence electrons. The van der Waals surface area contributed by atoms with Crippen molar-refractivity contribution in [3.63, 3.8) is 0 Å². The number of anilines is 1. The van der Waals surface area contributed by atoms with E-state index >= 15 is 4.39 Å². The molecule has 2 N–H and O–H groups in total. The van der Waals surface area contributed by atoms with Gasteiger partial charge in [0.25, 0.3) is 0 Å². The van der Waals surface area contributed by atoms with Crippen molar-refractivity contribution < 1.29 is 8.78 Å². The third-order valence-electron chi connectivity index (χ3n) is 6.86. The van der Waals surface area contributed by atoms with Crippen LogP contribution in [0, 0.1) is 24.5 Å². The molecule has 2 aliphatic carbocycles. The SMILES string of the molecule is Cc1c(CCCC2CCC2)ccc(/C(=C\C=C2CCC2)c2ccc(F)cc2N)c1F. The van der Waals surface area contributed by atoms with Crippen molar-refractivity contribution in [2.75, 3.05) is 5.73 Å². The normalized spacial score (nSPS) is 16.9. The molecule has 0 spiro atoms. The predicted molar refractivity (Wildman–Crippen MR) is 121 cm³/mol. The molecule has 2 saturated carbocycles. The zero-order chi connectivity index (χ0) is 21.1. The largest absolute Gasteiger partial charge is 0.398 e. The monoisotopic (exact) mass is 407 g/mol. The third-order valence-corrected chi connectivity index (χ3v) is 6.86. The number of rotatable bonds is 7. The maximum absolute atomic E-state index is 15.5. The molecule has 0 atom stereocenters. The lowest BCUT2D eigenvalue weighted by Crippen LogP contribution is -2.11. The van der Waals surface area contributed by atoms with Crippen LogP contribution >= 0.6 is 0 Å². The maximum Gasteiger partial charge on any atom is 0.134 e. The van der Waals surface area contributed by atoms with E-state index in [1.54, 1.807) is 6.07 Å². The van der Waals surface area contributed by atoms with Crippen LogP contribution in [0.2, 0.25) is 0 Å². The summed E-state index contributed by atoms with van der Waals surface area (Å²) in [5, 5.41) is 0. The molecular weight excluding hydrogens is 376 g/mol. The number of allylic oxidation sites excluding steroid dienone is 3. The number of halogens is 2. The Bertz CT molecular complexity index is 977. The zero-order valence-corrected chi connectivity index (χ0v) is 17.8. The van der Waals surface area contributed by atoms with E-state index in [1.165, 1.54) is 49.8 Å². The van der Waals surface area contributed by atoms with Gasteiger partial charge in [-0.1, -0.05) is 55.5 Å². The van der Waals surface area contributed by atoms with Crippen LogP contribution in [-0.4, -0.2) is 0 Å². The third kappa shape index (κ3) is 4.50. The van der Waals surface area contributed by atoms with E-state index in [4.69, 9.17) is 5.73 Å². The summed E-state index contributed by atoms with van der Waals surface area (Å²) in [6, 6.07) is 8.26.